The van der Waals surface area contributed by atoms with Crippen LogP contribution in [0.5, 0.6) is 11.5 Å². The molecule has 258 valence electrons. The highest BCUT2D eigenvalue weighted by molar-refractivity contribution is 7.14. The highest BCUT2D eigenvalue weighted by Gasteiger charge is 2.55. The van der Waals surface area contributed by atoms with E-state index in [1.54, 1.807) is 74.1 Å². The fourth-order valence-corrected chi connectivity index (χ4v) is 7.05. The summed E-state index contributed by atoms with van der Waals surface area (Å²) in [4.78, 5) is 65.9. The molecule has 0 atom stereocenters. The van der Waals surface area contributed by atoms with Gasteiger partial charge in [0.25, 0.3) is 5.91 Å². The molecule has 2 heterocycles. The Morgan fingerprint density at radius 1 is 0.936 bits per heavy atom. The normalized spacial score (nSPS) is 13.8. The first kappa shape index (κ1) is 37.3. The average molecular weight is 673 g/mol. The summed E-state index contributed by atoms with van der Waals surface area (Å²) in [5, 5.41) is 26.5. The predicted octanol–water partition coefficient (Wildman–Crippen LogP) is 3.05. The maximum absolute atomic E-state index is 13.2. The maximum Gasteiger partial charge on any atom is 0.410 e. The molecule has 1 aromatic heterocycles. The highest BCUT2D eigenvalue weighted by Crippen LogP contribution is 2.48. The van der Waals surface area contributed by atoms with Gasteiger partial charge < -0.3 is 44.2 Å². The number of hydrogen-bond donors (Lipinski definition) is 1. The van der Waals surface area contributed by atoms with Crippen LogP contribution in [0.25, 0.3) is 0 Å². The molecule has 47 heavy (non-hydrogen) atoms. The number of nitrogens with one attached hydrogen (secondary N) is 1. The molecule has 13 heteroatoms. The van der Waals surface area contributed by atoms with Gasteiger partial charge in [0.05, 0.1) is 29.9 Å². The number of carboxylic acids is 2. The molecule has 2 amide bonds. The van der Waals surface area contributed by atoms with E-state index < -0.39 is 64.9 Å². The number of carboxylic acid groups (broad SMARTS) is 2. The minimum atomic E-state index is -1.90. The molecule has 0 unspecified atom stereocenters. The van der Waals surface area contributed by atoms with Gasteiger partial charge in [-0.1, -0.05) is 41.5 Å². The van der Waals surface area contributed by atoms with Crippen LogP contribution in [0.3, 0.4) is 0 Å². The molecule has 0 bridgehead atoms. The molecule has 0 aliphatic carbocycles. The number of ketones is 1. The van der Waals surface area contributed by atoms with E-state index in [2.05, 4.69) is 5.32 Å². The summed E-state index contributed by atoms with van der Waals surface area (Å²) in [6.45, 7) is 16.8. The average Bonchev–Trinajstić information content (AvgIpc) is 3.26. The molecule has 3 rings (SSSR count). The molecular formula is C34H44N2O10S-2. The minimum Gasteiger partial charge on any atom is -0.546 e. The molecule has 0 saturated carbocycles. The molecule has 0 spiro atoms. The first-order chi connectivity index (χ1) is 21.5. The zero-order valence-corrected chi connectivity index (χ0v) is 29.5. The number of rotatable bonds is 10. The fourth-order valence-electron chi connectivity index (χ4n) is 5.83. The van der Waals surface area contributed by atoms with E-state index in [4.69, 9.17) is 14.2 Å². The lowest BCUT2D eigenvalue weighted by Gasteiger charge is -2.53. The van der Waals surface area contributed by atoms with Gasteiger partial charge in [-0.05, 0) is 63.4 Å². The van der Waals surface area contributed by atoms with Crippen LogP contribution in [0.1, 0.15) is 98.3 Å². The highest BCUT2D eigenvalue weighted by atomic mass is 32.1. The molecule has 1 aliphatic heterocycles. The summed E-state index contributed by atoms with van der Waals surface area (Å²) in [5.41, 5.74) is -2.87. The predicted molar refractivity (Wildman–Crippen MR) is 170 cm³/mol. The van der Waals surface area contributed by atoms with Gasteiger partial charge in [0, 0.05) is 27.8 Å². The van der Waals surface area contributed by atoms with E-state index in [1.807, 2.05) is 0 Å². The number of carbonyl (C=O) groups is 5. The van der Waals surface area contributed by atoms with Crippen LogP contribution >= 0.6 is 11.3 Å². The van der Waals surface area contributed by atoms with E-state index in [0.29, 0.717) is 24.4 Å². The standard InChI is InChI=1S/C34H46N2O10S/c1-19-21-17-36(30(43)46-33(8,9)10)14-13-25(21)47-27(19)28(40)35-16-22(37)20-11-12-23(24(15-20)44-18-26(38)39)45-34(29(41)42,31(2,3)4)32(5,6)7/h11-12,15H,13-14,16-18H2,1-10H3,(H,35,40)(H,38,39)(H,41,42)/p-2. The van der Waals surface area contributed by atoms with Crippen molar-refractivity contribution in [3.63, 3.8) is 0 Å². The number of fused-ring (bicyclic) bond motifs is 1. The smallest absolute Gasteiger partial charge is 0.410 e. The lowest BCUT2D eigenvalue weighted by atomic mass is 9.62. The number of aliphatic carboxylic acids is 2. The van der Waals surface area contributed by atoms with Crippen molar-refractivity contribution in [2.45, 2.75) is 93.4 Å². The Morgan fingerprint density at radius 2 is 1.55 bits per heavy atom. The first-order valence-corrected chi connectivity index (χ1v) is 16.1. The van der Waals surface area contributed by atoms with Gasteiger partial charge in [-0.3, -0.25) is 9.59 Å². The summed E-state index contributed by atoms with van der Waals surface area (Å²) in [5.74, 6) is -4.30. The Hall–Kier alpha value is -4.13. The van der Waals surface area contributed by atoms with E-state index in [9.17, 15) is 34.2 Å². The Bertz CT molecular complexity index is 1540. The SMILES string of the molecule is Cc1c(C(=O)NCC(=O)c2ccc(OC(C(=O)[O-])(C(C)(C)C)C(C)(C)C)c(OCC(=O)[O-])c2)sc2c1CN(C(=O)OC(C)(C)C)CC2. The summed E-state index contributed by atoms with van der Waals surface area (Å²) in [6.07, 6.45) is 0.144. The van der Waals surface area contributed by atoms with E-state index in [-0.39, 0.29) is 17.1 Å². The Morgan fingerprint density at radius 3 is 2.09 bits per heavy atom. The zero-order chi connectivity index (χ0) is 35.7. The van der Waals surface area contributed by atoms with E-state index in [0.717, 1.165) is 16.0 Å². The van der Waals surface area contributed by atoms with Gasteiger partial charge in [-0.25, -0.2) is 4.79 Å². The second kappa shape index (κ2) is 13.5. The van der Waals surface area contributed by atoms with Crippen LogP contribution in [0, 0.1) is 17.8 Å². The number of thiophene rings is 1. The first-order valence-electron chi connectivity index (χ1n) is 15.3. The zero-order valence-electron chi connectivity index (χ0n) is 28.7. The van der Waals surface area contributed by atoms with Crippen molar-refractivity contribution in [2.24, 2.45) is 10.8 Å². The van der Waals surface area contributed by atoms with Crippen molar-refractivity contribution in [3.05, 3.63) is 44.6 Å². The summed E-state index contributed by atoms with van der Waals surface area (Å²) >= 11 is 1.32. The van der Waals surface area contributed by atoms with E-state index >= 15 is 0 Å². The Labute approximate surface area is 279 Å². The van der Waals surface area contributed by atoms with Crippen LogP contribution < -0.4 is 25.0 Å². The fraction of sp³-hybridized carbons (Fsp3) is 0.559. The molecular weight excluding hydrogens is 628 g/mol. The van der Waals surface area contributed by atoms with Crippen molar-refractivity contribution in [2.75, 3.05) is 19.7 Å². The minimum absolute atomic E-state index is 0.0618. The van der Waals surface area contributed by atoms with Crippen molar-refractivity contribution in [3.8, 4) is 11.5 Å². The molecule has 1 N–H and O–H groups in total. The monoisotopic (exact) mass is 672 g/mol. The lowest BCUT2D eigenvalue weighted by molar-refractivity contribution is -0.337. The van der Waals surface area contributed by atoms with Crippen LogP contribution in [0.4, 0.5) is 4.79 Å². The number of hydrogen-bond acceptors (Lipinski definition) is 11. The largest absolute Gasteiger partial charge is 0.546 e. The maximum atomic E-state index is 13.2. The van der Waals surface area contributed by atoms with Crippen molar-refractivity contribution >= 4 is 41.1 Å². The van der Waals surface area contributed by atoms with Gasteiger partial charge >= 0.3 is 6.09 Å². The molecule has 1 aromatic carbocycles. The third-order valence-corrected chi connectivity index (χ3v) is 9.25. The van der Waals surface area contributed by atoms with Crippen LogP contribution in [-0.2, 0) is 27.3 Å². The number of carbonyl (C=O) groups excluding carboxylic acids is 5. The van der Waals surface area contributed by atoms with Crippen LogP contribution in [-0.4, -0.2) is 65.5 Å². The van der Waals surface area contributed by atoms with Crippen molar-refractivity contribution < 1.29 is 48.4 Å². The van der Waals surface area contributed by atoms with Crippen molar-refractivity contribution in [1.82, 2.24) is 10.2 Å². The van der Waals surface area contributed by atoms with Gasteiger partial charge in [-0.15, -0.1) is 11.3 Å². The van der Waals surface area contributed by atoms with Gasteiger partial charge in [-0.2, -0.15) is 0 Å². The Balaban J connectivity index is 1.82. The molecule has 1 aliphatic rings. The lowest BCUT2D eigenvalue weighted by Crippen LogP contribution is -2.67. The molecule has 0 radical (unpaired) electrons. The molecule has 0 saturated heterocycles. The third kappa shape index (κ3) is 8.24. The number of nitrogens with zero attached hydrogens (tertiary/aromatic N) is 1. The topological polar surface area (TPSA) is 174 Å². The quantitative estimate of drug-likeness (QED) is 0.370. The second-order valence-electron chi connectivity index (χ2n) is 14.6. The number of amides is 2. The number of benzene rings is 1. The third-order valence-electron chi connectivity index (χ3n) is 7.85. The summed E-state index contributed by atoms with van der Waals surface area (Å²) < 4.78 is 17.0. The molecule has 12 nitrogen and oxygen atoms in total. The summed E-state index contributed by atoms with van der Waals surface area (Å²) in [7, 11) is 0. The van der Waals surface area contributed by atoms with Crippen LogP contribution in [0.2, 0.25) is 0 Å². The van der Waals surface area contributed by atoms with Crippen molar-refractivity contribution in [1.29, 1.82) is 0 Å². The summed E-state index contributed by atoms with van der Waals surface area (Å²) in [6, 6.07) is 3.93. The molecule has 2 aromatic rings. The second-order valence-corrected chi connectivity index (χ2v) is 15.7. The molecule has 0 fully saturated rings. The van der Waals surface area contributed by atoms with E-state index in [1.165, 1.54) is 29.5 Å². The number of ether oxygens (including phenoxy) is 3. The van der Waals surface area contributed by atoms with Gasteiger partial charge in [0.1, 0.15) is 12.2 Å². The number of Topliss-reactive ketones (excluding diaryl/α,β-unsaturated/α-hetero) is 1. The van der Waals surface area contributed by atoms with Gasteiger partial charge in [0.2, 0.25) is 0 Å². The van der Waals surface area contributed by atoms with Crippen LogP contribution in [0.15, 0.2) is 18.2 Å². The van der Waals surface area contributed by atoms with Gasteiger partial charge in [0.15, 0.2) is 22.9 Å². The Kier molecular flexibility index (Phi) is 10.8.